The molecule has 1 unspecified atom stereocenters. The van der Waals surface area contributed by atoms with Gasteiger partial charge in [0.15, 0.2) is 15.7 Å². The lowest BCUT2D eigenvalue weighted by atomic mass is 9.87. The molecule has 2 aliphatic rings. The first-order valence-corrected chi connectivity index (χ1v) is 22.6. The molecular weight excluding hydrogens is 906 g/mol. The number of hydrogen-bond donors (Lipinski definition) is 2. The topological polar surface area (TPSA) is 139 Å². The molecule has 2 aromatic heterocycles. The molecule has 0 spiro atoms. The second kappa shape index (κ2) is 17.8. The van der Waals surface area contributed by atoms with Crippen molar-refractivity contribution in [3.05, 3.63) is 87.3 Å². The van der Waals surface area contributed by atoms with E-state index >= 15 is 17.6 Å². The summed E-state index contributed by atoms with van der Waals surface area (Å²) in [5.41, 5.74) is -2.59. The van der Waals surface area contributed by atoms with Crippen molar-refractivity contribution in [1.82, 2.24) is 25.1 Å². The van der Waals surface area contributed by atoms with Gasteiger partial charge in [-0.1, -0.05) is 23.6 Å². The monoisotopic (exact) mass is 945 g/mol. The van der Waals surface area contributed by atoms with Crippen LogP contribution in [-0.4, -0.2) is 86.1 Å². The number of allylic oxidation sites excluding steroid dienone is 2. The van der Waals surface area contributed by atoms with E-state index in [4.69, 9.17) is 16.6 Å². The summed E-state index contributed by atoms with van der Waals surface area (Å²) < 4.78 is 159. The third kappa shape index (κ3) is 10.2. The van der Waals surface area contributed by atoms with Gasteiger partial charge in [-0.2, -0.15) is 19.0 Å². The second-order valence-electron chi connectivity index (χ2n) is 15.6. The molecule has 2 atom stereocenters. The zero-order valence-electron chi connectivity index (χ0n) is 34.0. The Morgan fingerprint density at radius 1 is 1.06 bits per heavy atom. The van der Waals surface area contributed by atoms with Gasteiger partial charge in [0, 0.05) is 62.0 Å². The maximum atomic E-state index is 15.4. The van der Waals surface area contributed by atoms with Crippen LogP contribution in [0.25, 0.3) is 22.0 Å². The molecule has 6 rings (SSSR count). The van der Waals surface area contributed by atoms with Crippen LogP contribution >= 0.6 is 11.6 Å². The van der Waals surface area contributed by atoms with Gasteiger partial charge >= 0.3 is 0 Å². The number of aromatic nitrogens is 3. The molecule has 0 radical (unpaired) electrons. The molecule has 338 valence electrons. The molecular formula is C41H40ClF8N7O4S2. The van der Waals surface area contributed by atoms with Crippen LogP contribution in [0.15, 0.2) is 58.8 Å². The zero-order valence-corrected chi connectivity index (χ0v) is 36.4. The number of carbonyl (C=O) groups excluding carboxylic acids is 1. The molecule has 0 aliphatic heterocycles. The number of hydrazone groups is 1. The van der Waals surface area contributed by atoms with Crippen LogP contribution in [0.5, 0.6) is 0 Å². The van der Waals surface area contributed by atoms with Gasteiger partial charge in [0.05, 0.1) is 32.9 Å². The lowest BCUT2D eigenvalue weighted by Gasteiger charge is -2.37. The molecule has 2 aliphatic carbocycles. The number of hydrogen-bond acceptors (Lipinski definition) is 8. The van der Waals surface area contributed by atoms with E-state index in [2.05, 4.69) is 38.8 Å². The highest BCUT2D eigenvalue weighted by Gasteiger charge is 2.53. The number of anilines is 1. The van der Waals surface area contributed by atoms with E-state index in [1.165, 1.54) is 43.0 Å². The van der Waals surface area contributed by atoms with Crippen LogP contribution < -0.4 is 10.0 Å². The van der Waals surface area contributed by atoms with Crippen LogP contribution in [0.1, 0.15) is 68.9 Å². The van der Waals surface area contributed by atoms with Crippen molar-refractivity contribution in [2.24, 2.45) is 12.1 Å². The molecule has 4 aromatic rings. The van der Waals surface area contributed by atoms with E-state index in [-0.39, 0.29) is 38.4 Å². The van der Waals surface area contributed by atoms with E-state index < -0.39 is 116 Å². The Kier molecular flexibility index (Phi) is 13.4. The van der Waals surface area contributed by atoms with Crippen molar-refractivity contribution in [3.63, 3.8) is 0 Å². The minimum Gasteiger partial charge on any atom is -0.346 e. The van der Waals surface area contributed by atoms with Crippen molar-refractivity contribution < 1.29 is 52.5 Å². The van der Waals surface area contributed by atoms with E-state index in [0.29, 0.717) is 35.4 Å². The quantitative estimate of drug-likeness (QED) is 0.0530. The van der Waals surface area contributed by atoms with Crippen LogP contribution in [-0.2, 0) is 39.1 Å². The van der Waals surface area contributed by atoms with Crippen molar-refractivity contribution in [2.75, 3.05) is 17.5 Å². The van der Waals surface area contributed by atoms with E-state index in [0.717, 1.165) is 12.1 Å². The number of rotatable bonds is 15. The SMILES string of the molecule is C=NN(CC(=O)N[C@@H](Cc1cc(F)cc(F)c1)c1nc(C#CC(C)(C)S(=O)(=O)C2CC2)ccc1-c1ccc(Cl)c2c(NS(C)=O)nn(C)c12)C1=C(CC(F)F)C(F)(F)CCC1(F)F. The van der Waals surface area contributed by atoms with Gasteiger partial charge in [-0.05, 0) is 74.9 Å². The number of halogens is 9. The Labute approximate surface area is 364 Å². The minimum absolute atomic E-state index is 0.0447. The third-order valence-corrected chi connectivity index (χ3v) is 14.2. The number of pyridine rings is 1. The number of carbonyl (C=O) groups is 1. The van der Waals surface area contributed by atoms with Gasteiger partial charge in [0.1, 0.15) is 45.3 Å². The summed E-state index contributed by atoms with van der Waals surface area (Å²) >= 11 is 6.63. The number of nitrogens with one attached hydrogen (secondary N) is 2. The van der Waals surface area contributed by atoms with Crippen LogP contribution in [0, 0.1) is 23.5 Å². The van der Waals surface area contributed by atoms with Gasteiger partial charge in [-0.15, -0.1) is 0 Å². The molecule has 63 heavy (non-hydrogen) atoms. The predicted octanol–water partition coefficient (Wildman–Crippen LogP) is 8.27. The van der Waals surface area contributed by atoms with Crippen molar-refractivity contribution in [1.29, 1.82) is 0 Å². The van der Waals surface area contributed by atoms with Crippen LogP contribution in [0.2, 0.25) is 5.02 Å². The van der Waals surface area contributed by atoms with E-state index in [1.54, 1.807) is 13.1 Å². The van der Waals surface area contributed by atoms with Crippen molar-refractivity contribution >= 4 is 61.8 Å². The first-order valence-electron chi connectivity index (χ1n) is 19.1. The summed E-state index contributed by atoms with van der Waals surface area (Å²) in [5.74, 6) is -5.83. The summed E-state index contributed by atoms with van der Waals surface area (Å²) in [6, 6.07) is 6.99. The van der Waals surface area contributed by atoms with Crippen LogP contribution in [0.4, 0.5) is 40.9 Å². The number of fused-ring (bicyclic) bond motifs is 1. The fraction of sp³-hybridized carbons (Fsp3) is 0.415. The molecule has 22 heteroatoms. The van der Waals surface area contributed by atoms with Gasteiger partial charge in [0.25, 0.3) is 11.8 Å². The number of aryl methyl sites for hydroxylation is 1. The van der Waals surface area contributed by atoms with E-state index in [1.807, 2.05) is 0 Å². The van der Waals surface area contributed by atoms with Crippen molar-refractivity contribution in [3.8, 4) is 23.0 Å². The molecule has 1 saturated carbocycles. The molecule has 11 nitrogen and oxygen atoms in total. The highest BCUT2D eigenvalue weighted by Crippen LogP contribution is 2.49. The number of sulfone groups is 1. The van der Waals surface area contributed by atoms with Gasteiger partial charge < -0.3 is 5.32 Å². The van der Waals surface area contributed by atoms with Crippen LogP contribution in [0.3, 0.4) is 0 Å². The highest BCUT2D eigenvalue weighted by molar-refractivity contribution is 7.93. The normalized spacial score (nSPS) is 17.2. The lowest BCUT2D eigenvalue weighted by molar-refractivity contribution is -0.124. The molecule has 2 heterocycles. The summed E-state index contributed by atoms with van der Waals surface area (Å²) in [7, 11) is -3.77. The summed E-state index contributed by atoms with van der Waals surface area (Å²) in [4.78, 5) is 18.8. The third-order valence-electron chi connectivity index (χ3n) is 10.5. The number of benzene rings is 2. The Morgan fingerprint density at radius 2 is 1.70 bits per heavy atom. The van der Waals surface area contributed by atoms with E-state index in [9.17, 15) is 35.0 Å². The first kappa shape index (κ1) is 47.4. The zero-order chi connectivity index (χ0) is 46.4. The largest absolute Gasteiger partial charge is 0.346 e. The summed E-state index contributed by atoms with van der Waals surface area (Å²) in [5, 5.41) is 10.4. The fourth-order valence-corrected chi connectivity index (χ4v) is 9.84. The van der Waals surface area contributed by atoms with Crippen molar-refractivity contribution in [2.45, 2.75) is 86.7 Å². The number of nitrogens with zero attached hydrogens (tertiary/aromatic N) is 5. The maximum Gasteiger partial charge on any atom is 0.289 e. The number of amides is 1. The Balaban J connectivity index is 1.54. The molecule has 0 saturated heterocycles. The minimum atomic E-state index is -4.14. The molecule has 2 N–H and O–H groups in total. The predicted molar refractivity (Wildman–Crippen MR) is 224 cm³/mol. The average Bonchev–Trinajstić information content (AvgIpc) is 3.99. The second-order valence-corrected chi connectivity index (χ2v) is 19.9. The fourth-order valence-electron chi connectivity index (χ4n) is 7.40. The lowest BCUT2D eigenvalue weighted by Crippen LogP contribution is -2.45. The molecule has 1 fully saturated rings. The highest BCUT2D eigenvalue weighted by atomic mass is 35.5. The molecule has 2 aromatic carbocycles. The standard InChI is InChI=1S/C41H40ClF8N7O4S2/c1-39(2,63(60,61)26-7-8-26)13-12-25-6-9-27(28-10-11-30(42)34-36(28)56(4)54-38(34)55-62(5)59)35(52-25)31(18-22-16-23(43)19-24(44)17-22)53-33(58)21-57(51-3)37-29(20-32(45)46)40(47,48)14-15-41(37,49)50/h6,9-11,16-17,19,26,31-32H,3,7-8,14-15,18,20-21H2,1-2,4-5H3,(H,53,58)(H,54,55)/t31-,62?/m0/s1. The summed E-state index contributed by atoms with van der Waals surface area (Å²) in [6.07, 6.45) is -6.30. The molecule has 0 bridgehead atoms. The Hall–Kier alpha value is -5.07. The van der Waals surface area contributed by atoms with Gasteiger partial charge in [-0.25, -0.2) is 44.0 Å². The maximum absolute atomic E-state index is 15.4. The number of alkyl halides is 6. The summed E-state index contributed by atoms with van der Waals surface area (Å²) in [6.45, 7) is 4.73. The Morgan fingerprint density at radius 3 is 2.30 bits per heavy atom. The smallest absolute Gasteiger partial charge is 0.289 e. The van der Waals surface area contributed by atoms with Gasteiger partial charge in [-0.3, -0.25) is 19.2 Å². The van der Waals surface area contributed by atoms with Gasteiger partial charge in [0.2, 0.25) is 12.3 Å². The molecule has 1 amide bonds. The first-order chi connectivity index (χ1) is 29.3. The Bertz CT molecular complexity index is 2690. The average molecular weight is 946 g/mol.